The summed E-state index contributed by atoms with van der Waals surface area (Å²) in [5, 5.41) is 0. The van der Waals surface area contributed by atoms with Gasteiger partial charge in [0.15, 0.2) is 0 Å². The molecule has 0 spiro atoms. The van der Waals surface area contributed by atoms with E-state index in [0.29, 0.717) is 5.75 Å². The van der Waals surface area contributed by atoms with Gasteiger partial charge in [-0.25, -0.2) is 4.39 Å². The van der Waals surface area contributed by atoms with Gasteiger partial charge in [0.1, 0.15) is 17.7 Å². The van der Waals surface area contributed by atoms with E-state index in [1.165, 1.54) is 12.1 Å². The Kier molecular flexibility index (Phi) is 1.34. The zero-order valence-electron chi connectivity index (χ0n) is 6.30. The van der Waals surface area contributed by atoms with Crippen molar-refractivity contribution in [2.24, 2.45) is 0 Å². The molecule has 0 saturated carbocycles. The normalized spacial score (nSPS) is 21.1. The molecule has 1 aromatic carbocycles. The van der Waals surface area contributed by atoms with Gasteiger partial charge in [0.2, 0.25) is 0 Å². The first kappa shape index (κ1) is 6.65. The number of rotatable bonds is 0. The third-order valence-electron chi connectivity index (χ3n) is 1.86. The zero-order valence-corrected chi connectivity index (χ0v) is 6.30. The van der Waals surface area contributed by atoms with Gasteiger partial charge in [0, 0.05) is 12.5 Å². The summed E-state index contributed by atoms with van der Waals surface area (Å²) in [5.41, 5.74) is 1.11. The van der Waals surface area contributed by atoms with Crippen molar-refractivity contribution in [1.29, 1.82) is 0 Å². The molecule has 1 aliphatic heterocycles. The number of halogens is 1. The van der Waals surface area contributed by atoms with E-state index in [-0.39, 0.29) is 11.9 Å². The third-order valence-corrected chi connectivity index (χ3v) is 1.86. The van der Waals surface area contributed by atoms with Crippen LogP contribution in [0.5, 0.6) is 5.75 Å². The van der Waals surface area contributed by atoms with Crippen LogP contribution in [0.25, 0.3) is 0 Å². The lowest BCUT2D eigenvalue weighted by Crippen LogP contribution is -2.05. The van der Waals surface area contributed by atoms with Crippen LogP contribution in [0, 0.1) is 5.82 Å². The Morgan fingerprint density at radius 2 is 2.36 bits per heavy atom. The van der Waals surface area contributed by atoms with Crippen LogP contribution in [0.2, 0.25) is 0 Å². The van der Waals surface area contributed by atoms with Crippen LogP contribution in [0.1, 0.15) is 12.5 Å². The highest BCUT2D eigenvalue weighted by molar-refractivity contribution is 5.37. The van der Waals surface area contributed by atoms with Gasteiger partial charge in [0.05, 0.1) is 0 Å². The Balaban J connectivity index is 2.43. The number of hydrogen-bond donors (Lipinski definition) is 0. The minimum atomic E-state index is -0.224. The van der Waals surface area contributed by atoms with Crippen molar-refractivity contribution in [2.75, 3.05) is 0 Å². The molecule has 1 aromatic rings. The molecule has 1 unspecified atom stereocenters. The van der Waals surface area contributed by atoms with Crippen molar-refractivity contribution < 1.29 is 9.13 Å². The van der Waals surface area contributed by atoms with E-state index >= 15 is 0 Å². The lowest BCUT2D eigenvalue weighted by atomic mass is 10.1. The molecular weight excluding hydrogens is 143 g/mol. The average molecular weight is 152 g/mol. The summed E-state index contributed by atoms with van der Waals surface area (Å²) in [4.78, 5) is 0. The number of ether oxygens (including phenoxy) is 1. The van der Waals surface area contributed by atoms with Gasteiger partial charge in [-0.05, 0) is 18.6 Å². The zero-order chi connectivity index (χ0) is 7.84. The molecule has 0 bridgehead atoms. The van der Waals surface area contributed by atoms with Crippen LogP contribution in [0.15, 0.2) is 18.2 Å². The summed E-state index contributed by atoms with van der Waals surface area (Å²) in [6.07, 6.45) is 1.10. The molecule has 0 N–H and O–H groups in total. The Morgan fingerprint density at radius 3 is 3.18 bits per heavy atom. The first-order valence-electron chi connectivity index (χ1n) is 3.71. The maximum atomic E-state index is 12.6. The van der Waals surface area contributed by atoms with Crippen LogP contribution in [-0.4, -0.2) is 6.10 Å². The van der Waals surface area contributed by atoms with Crippen LogP contribution < -0.4 is 4.74 Å². The maximum Gasteiger partial charge on any atom is 0.126 e. The molecule has 1 heterocycles. The molecule has 1 atom stereocenters. The van der Waals surface area contributed by atoms with E-state index in [0.717, 1.165) is 12.0 Å². The molecule has 0 fully saturated rings. The van der Waals surface area contributed by atoms with Gasteiger partial charge in [-0.1, -0.05) is 6.07 Å². The Labute approximate surface area is 64.8 Å². The minimum absolute atomic E-state index is 0.201. The second kappa shape index (κ2) is 2.22. The number of fused-ring (bicyclic) bond motifs is 1. The van der Waals surface area contributed by atoms with Gasteiger partial charge >= 0.3 is 0 Å². The van der Waals surface area contributed by atoms with Crippen molar-refractivity contribution >= 4 is 0 Å². The first-order chi connectivity index (χ1) is 5.25. The van der Waals surface area contributed by atoms with E-state index in [1.54, 1.807) is 6.07 Å². The van der Waals surface area contributed by atoms with Gasteiger partial charge in [-0.3, -0.25) is 0 Å². The summed E-state index contributed by atoms with van der Waals surface area (Å²) in [5.74, 6) is 0.482. The highest BCUT2D eigenvalue weighted by atomic mass is 19.1. The molecule has 11 heavy (non-hydrogen) atoms. The molecule has 2 rings (SSSR count). The van der Waals surface area contributed by atoms with E-state index in [2.05, 4.69) is 0 Å². The summed E-state index contributed by atoms with van der Waals surface area (Å²) in [6, 6.07) is 4.70. The highest BCUT2D eigenvalue weighted by Crippen LogP contribution is 2.28. The van der Waals surface area contributed by atoms with Gasteiger partial charge in [-0.2, -0.15) is 0 Å². The summed E-state index contributed by atoms with van der Waals surface area (Å²) < 4.78 is 18.0. The Hall–Kier alpha value is -1.05. The molecule has 0 aliphatic carbocycles. The minimum Gasteiger partial charge on any atom is -0.490 e. The predicted molar refractivity (Wildman–Crippen MR) is 40.2 cm³/mol. The summed E-state index contributed by atoms with van der Waals surface area (Å²) in [7, 11) is 0. The molecule has 1 nitrogen and oxygen atoms in total. The van der Waals surface area contributed by atoms with E-state index < -0.39 is 0 Å². The number of hydrogen-bond acceptors (Lipinski definition) is 1. The second-order valence-electron chi connectivity index (χ2n) is 2.88. The molecular formula is C9H9FO. The predicted octanol–water partition coefficient (Wildman–Crippen LogP) is 2.15. The van der Waals surface area contributed by atoms with Crippen LogP contribution in [0.3, 0.4) is 0 Å². The largest absolute Gasteiger partial charge is 0.490 e. The fourth-order valence-corrected chi connectivity index (χ4v) is 1.37. The molecule has 0 aromatic heterocycles. The standard InChI is InChI=1S/C9H9FO/c1-6-4-7-2-3-8(10)5-9(7)11-6/h2-3,5-6H,4H2,1H3. The fourth-order valence-electron chi connectivity index (χ4n) is 1.37. The molecule has 0 radical (unpaired) electrons. The second-order valence-corrected chi connectivity index (χ2v) is 2.88. The SMILES string of the molecule is CC1Cc2ccc(F)cc2O1. The highest BCUT2D eigenvalue weighted by Gasteiger charge is 2.18. The van der Waals surface area contributed by atoms with E-state index in [1.807, 2.05) is 6.92 Å². The average Bonchev–Trinajstić information content (AvgIpc) is 2.27. The Morgan fingerprint density at radius 1 is 1.55 bits per heavy atom. The van der Waals surface area contributed by atoms with E-state index in [9.17, 15) is 4.39 Å². The maximum absolute atomic E-state index is 12.6. The monoisotopic (exact) mass is 152 g/mol. The lowest BCUT2D eigenvalue weighted by Gasteiger charge is -2.01. The van der Waals surface area contributed by atoms with Crippen LogP contribution in [-0.2, 0) is 6.42 Å². The third kappa shape index (κ3) is 1.09. The van der Waals surface area contributed by atoms with Gasteiger partial charge in [0.25, 0.3) is 0 Å². The topological polar surface area (TPSA) is 9.23 Å². The van der Waals surface area contributed by atoms with Crippen LogP contribution in [0.4, 0.5) is 4.39 Å². The van der Waals surface area contributed by atoms with Gasteiger partial charge in [-0.15, -0.1) is 0 Å². The summed E-state index contributed by atoms with van der Waals surface area (Å²) in [6.45, 7) is 1.98. The molecule has 58 valence electrons. The van der Waals surface area contributed by atoms with Crippen molar-refractivity contribution in [1.82, 2.24) is 0 Å². The molecule has 0 saturated heterocycles. The van der Waals surface area contributed by atoms with Crippen molar-refractivity contribution in [3.8, 4) is 5.75 Å². The van der Waals surface area contributed by atoms with Gasteiger partial charge < -0.3 is 4.74 Å². The van der Waals surface area contributed by atoms with Crippen LogP contribution >= 0.6 is 0 Å². The fraction of sp³-hybridized carbons (Fsp3) is 0.333. The molecule has 0 amide bonds. The molecule has 2 heteroatoms. The summed E-state index contributed by atoms with van der Waals surface area (Å²) >= 11 is 0. The van der Waals surface area contributed by atoms with Crippen molar-refractivity contribution in [2.45, 2.75) is 19.4 Å². The lowest BCUT2D eigenvalue weighted by molar-refractivity contribution is 0.254. The first-order valence-corrected chi connectivity index (χ1v) is 3.71. The Bertz CT molecular complexity index is 283. The van der Waals surface area contributed by atoms with E-state index in [4.69, 9.17) is 4.74 Å². The number of benzene rings is 1. The smallest absolute Gasteiger partial charge is 0.126 e. The molecule has 1 aliphatic rings. The quantitative estimate of drug-likeness (QED) is 0.553. The van der Waals surface area contributed by atoms with Crippen molar-refractivity contribution in [3.05, 3.63) is 29.6 Å². The van der Waals surface area contributed by atoms with Crippen molar-refractivity contribution in [3.63, 3.8) is 0 Å².